The highest BCUT2D eigenvalue weighted by Gasteiger charge is 2.34. The Bertz CT molecular complexity index is 455. The van der Waals surface area contributed by atoms with Crippen molar-refractivity contribution in [3.63, 3.8) is 0 Å². The van der Waals surface area contributed by atoms with Gasteiger partial charge in [0.2, 0.25) is 0 Å². The van der Waals surface area contributed by atoms with Gasteiger partial charge in [0, 0.05) is 31.6 Å². The maximum absolute atomic E-state index is 13.2. The summed E-state index contributed by atoms with van der Waals surface area (Å²) in [6, 6.07) is 8.50. The molecule has 0 radical (unpaired) electrons. The molecular weight excluding hydrogens is 329 g/mol. The van der Waals surface area contributed by atoms with Crippen LogP contribution in [-0.4, -0.2) is 32.1 Å². The SMILES string of the molecule is Cl.Cl.FC1(F)CCN(c2cccc(C3CCNCC3)c2)CC1. The van der Waals surface area contributed by atoms with Crippen LogP contribution in [0.1, 0.15) is 37.2 Å². The van der Waals surface area contributed by atoms with Crippen molar-refractivity contribution in [3.8, 4) is 0 Å². The number of halogens is 4. The number of alkyl halides is 2. The van der Waals surface area contributed by atoms with E-state index in [4.69, 9.17) is 0 Å². The molecule has 0 unspecified atom stereocenters. The lowest BCUT2D eigenvalue weighted by atomic mass is 9.90. The number of anilines is 1. The molecule has 0 atom stereocenters. The molecule has 6 heteroatoms. The van der Waals surface area contributed by atoms with E-state index in [-0.39, 0.29) is 37.7 Å². The van der Waals surface area contributed by atoms with Crippen molar-refractivity contribution < 1.29 is 8.78 Å². The molecule has 2 saturated heterocycles. The van der Waals surface area contributed by atoms with Crippen LogP contribution < -0.4 is 10.2 Å². The van der Waals surface area contributed by atoms with Crippen LogP contribution in [0.5, 0.6) is 0 Å². The molecule has 1 aromatic rings. The van der Waals surface area contributed by atoms with Crippen molar-refractivity contribution >= 4 is 30.5 Å². The summed E-state index contributed by atoms with van der Waals surface area (Å²) in [5.41, 5.74) is 2.47. The van der Waals surface area contributed by atoms with Gasteiger partial charge in [-0.15, -0.1) is 24.8 Å². The quantitative estimate of drug-likeness (QED) is 0.856. The van der Waals surface area contributed by atoms with Gasteiger partial charge in [-0.05, 0) is 49.5 Å². The minimum atomic E-state index is -2.47. The molecule has 2 heterocycles. The first-order chi connectivity index (χ1) is 9.64. The summed E-state index contributed by atoms with van der Waals surface area (Å²) < 4.78 is 26.5. The number of rotatable bonds is 2. The molecule has 0 bridgehead atoms. The number of nitrogens with zero attached hydrogens (tertiary/aromatic N) is 1. The zero-order chi connectivity index (χ0) is 14.0. The van der Waals surface area contributed by atoms with Crippen molar-refractivity contribution in [1.82, 2.24) is 5.32 Å². The van der Waals surface area contributed by atoms with Gasteiger partial charge in [0.25, 0.3) is 5.92 Å². The largest absolute Gasteiger partial charge is 0.371 e. The predicted octanol–water partition coefficient (Wildman–Crippen LogP) is 4.23. The van der Waals surface area contributed by atoms with Crippen LogP contribution in [0.25, 0.3) is 0 Å². The van der Waals surface area contributed by atoms with Crippen LogP contribution in [0, 0.1) is 0 Å². The number of benzene rings is 1. The lowest BCUT2D eigenvalue weighted by Gasteiger charge is -2.34. The Morgan fingerprint density at radius 2 is 1.68 bits per heavy atom. The Kier molecular flexibility index (Phi) is 7.36. The number of hydrogen-bond acceptors (Lipinski definition) is 2. The van der Waals surface area contributed by atoms with E-state index in [1.54, 1.807) is 0 Å². The Balaban J connectivity index is 0.00000121. The monoisotopic (exact) mass is 352 g/mol. The average molecular weight is 353 g/mol. The second kappa shape index (κ2) is 8.32. The van der Waals surface area contributed by atoms with E-state index in [9.17, 15) is 8.78 Å². The lowest BCUT2D eigenvalue weighted by molar-refractivity contribution is -0.0220. The third kappa shape index (κ3) is 4.71. The van der Waals surface area contributed by atoms with Crippen molar-refractivity contribution in [3.05, 3.63) is 29.8 Å². The van der Waals surface area contributed by atoms with Gasteiger partial charge < -0.3 is 10.2 Å². The number of hydrogen-bond donors (Lipinski definition) is 1. The standard InChI is InChI=1S/C16H22F2N2.2ClH/c17-16(18)6-10-20(11-7-16)15-3-1-2-14(12-15)13-4-8-19-9-5-13;;/h1-3,12-13,19H,4-11H2;2*1H. The molecule has 2 aliphatic rings. The van der Waals surface area contributed by atoms with Gasteiger partial charge in [-0.2, -0.15) is 0 Å². The summed E-state index contributed by atoms with van der Waals surface area (Å²) in [5.74, 6) is -1.86. The minimum absolute atomic E-state index is 0. The third-order valence-electron chi connectivity index (χ3n) is 4.54. The fourth-order valence-corrected chi connectivity index (χ4v) is 3.22. The van der Waals surface area contributed by atoms with Crippen molar-refractivity contribution in [2.45, 2.75) is 37.5 Å². The van der Waals surface area contributed by atoms with Crippen LogP contribution in [0.3, 0.4) is 0 Å². The van der Waals surface area contributed by atoms with E-state index < -0.39 is 5.92 Å². The molecule has 126 valence electrons. The maximum atomic E-state index is 13.2. The second-order valence-corrected chi connectivity index (χ2v) is 5.96. The molecule has 0 saturated carbocycles. The van der Waals surface area contributed by atoms with Crippen LogP contribution in [0.15, 0.2) is 24.3 Å². The van der Waals surface area contributed by atoms with Crippen LogP contribution in [0.2, 0.25) is 0 Å². The highest BCUT2D eigenvalue weighted by atomic mass is 35.5. The fourth-order valence-electron chi connectivity index (χ4n) is 3.22. The molecule has 2 fully saturated rings. The predicted molar refractivity (Wildman–Crippen MR) is 92.2 cm³/mol. The Hall–Kier alpha value is -0.580. The molecular formula is C16H24Cl2F2N2. The zero-order valence-electron chi connectivity index (χ0n) is 12.6. The van der Waals surface area contributed by atoms with E-state index in [0.29, 0.717) is 19.0 Å². The Morgan fingerprint density at radius 1 is 1.05 bits per heavy atom. The first-order valence-electron chi connectivity index (χ1n) is 7.57. The highest BCUT2D eigenvalue weighted by Crippen LogP contribution is 2.32. The van der Waals surface area contributed by atoms with Crippen LogP contribution >= 0.6 is 24.8 Å². The van der Waals surface area contributed by atoms with Crippen LogP contribution in [0.4, 0.5) is 14.5 Å². The van der Waals surface area contributed by atoms with E-state index >= 15 is 0 Å². The lowest BCUT2D eigenvalue weighted by Crippen LogP contribution is -2.39. The number of piperidine rings is 2. The normalized spacial score (nSPS) is 21.6. The van der Waals surface area contributed by atoms with Crippen molar-refractivity contribution in [2.24, 2.45) is 0 Å². The van der Waals surface area contributed by atoms with E-state index in [1.165, 1.54) is 18.4 Å². The van der Waals surface area contributed by atoms with Crippen molar-refractivity contribution in [2.75, 3.05) is 31.1 Å². The summed E-state index contributed by atoms with van der Waals surface area (Å²) in [4.78, 5) is 2.10. The molecule has 3 rings (SSSR count). The highest BCUT2D eigenvalue weighted by molar-refractivity contribution is 5.85. The van der Waals surface area contributed by atoms with Gasteiger partial charge in [0.05, 0.1) is 0 Å². The van der Waals surface area contributed by atoms with E-state index in [2.05, 4.69) is 28.4 Å². The Morgan fingerprint density at radius 3 is 2.32 bits per heavy atom. The molecule has 0 amide bonds. The summed E-state index contributed by atoms with van der Waals surface area (Å²) in [5, 5.41) is 3.38. The van der Waals surface area contributed by atoms with Crippen molar-refractivity contribution in [1.29, 1.82) is 0 Å². The smallest absolute Gasteiger partial charge is 0.251 e. The summed E-state index contributed by atoms with van der Waals surface area (Å²) in [6.07, 6.45) is 2.29. The number of nitrogens with one attached hydrogen (secondary N) is 1. The van der Waals surface area contributed by atoms with Gasteiger partial charge in [0.15, 0.2) is 0 Å². The second-order valence-electron chi connectivity index (χ2n) is 5.96. The summed E-state index contributed by atoms with van der Waals surface area (Å²) >= 11 is 0. The molecule has 2 aliphatic heterocycles. The van der Waals surface area contributed by atoms with Gasteiger partial charge in [0.1, 0.15) is 0 Å². The molecule has 22 heavy (non-hydrogen) atoms. The molecule has 0 spiro atoms. The molecule has 2 nitrogen and oxygen atoms in total. The molecule has 1 aromatic carbocycles. The van der Waals surface area contributed by atoms with E-state index in [0.717, 1.165) is 18.8 Å². The van der Waals surface area contributed by atoms with Crippen LogP contribution in [-0.2, 0) is 0 Å². The van der Waals surface area contributed by atoms with E-state index in [1.807, 2.05) is 6.07 Å². The van der Waals surface area contributed by atoms with Gasteiger partial charge in [-0.3, -0.25) is 0 Å². The average Bonchev–Trinajstić information content (AvgIpc) is 2.48. The fraction of sp³-hybridized carbons (Fsp3) is 0.625. The minimum Gasteiger partial charge on any atom is -0.371 e. The maximum Gasteiger partial charge on any atom is 0.251 e. The topological polar surface area (TPSA) is 15.3 Å². The first-order valence-corrected chi connectivity index (χ1v) is 7.57. The van der Waals surface area contributed by atoms with Gasteiger partial charge in [-0.1, -0.05) is 12.1 Å². The molecule has 0 aliphatic carbocycles. The molecule has 0 aromatic heterocycles. The zero-order valence-corrected chi connectivity index (χ0v) is 14.2. The summed E-state index contributed by atoms with van der Waals surface area (Å²) in [6.45, 7) is 3.07. The molecule has 1 N–H and O–H groups in total. The summed E-state index contributed by atoms with van der Waals surface area (Å²) in [7, 11) is 0. The first kappa shape index (κ1) is 19.5. The van der Waals surface area contributed by atoms with Gasteiger partial charge >= 0.3 is 0 Å². The van der Waals surface area contributed by atoms with Gasteiger partial charge in [-0.25, -0.2) is 8.78 Å². The third-order valence-corrected chi connectivity index (χ3v) is 4.54. The Labute approximate surface area is 143 Å².